The number of hydrogen-bond donors (Lipinski definition) is 1. The SMILES string of the molecule is CCCc1nc2cc(N)ccc2n1C(C)c1ccc(C)s1. The first-order valence-electron chi connectivity index (χ1n) is 7.42. The molecule has 0 radical (unpaired) electrons. The van der Waals surface area contributed by atoms with E-state index in [9.17, 15) is 0 Å². The summed E-state index contributed by atoms with van der Waals surface area (Å²) in [6.07, 6.45) is 2.08. The Morgan fingerprint density at radius 2 is 2.10 bits per heavy atom. The van der Waals surface area contributed by atoms with Crippen LogP contribution in [0.2, 0.25) is 0 Å². The normalized spacial score (nSPS) is 12.9. The Morgan fingerprint density at radius 1 is 1.29 bits per heavy atom. The first kappa shape index (κ1) is 14.1. The number of fused-ring (bicyclic) bond motifs is 1. The molecule has 0 aliphatic carbocycles. The van der Waals surface area contributed by atoms with Crippen molar-refractivity contribution in [3.8, 4) is 0 Å². The summed E-state index contributed by atoms with van der Waals surface area (Å²) in [6, 6.07) is 10.7. The molecule has 110 valence electrons. The van der Waals surface area contributed by atoms with E-state index in [-0.39, 0.29) is 0 Å². The lowest BCUT2D eigenvalue weighted by atomic mass is 10.2. The van der Waals surface area contributed by atoms with Crippen LogP contribution >= 0.6 is 11.3 Å². The fraction of sp³-hybridized carbons (Fsp3) is 0.353. The summed E-state index contributed by atoms with van der Waals surface area (Å²) < 4.78 is 2.36. The highest BCUT2D eigenvalue weighted by Crippen LogP contribution is 2.31. The maximum absolute atomic E-state index is 5.90. The van der Waals surface area contributed by atoms with Crippen LogP contribution in [0.15, 0.2) is 30.3 Å². The van der Waals surface area contributed by atoms with E-state index < -0.39 is 0 Å². The van der Waals surface area contributed by atoms with Crippen molar-refractivity contribution < 1.29 is 0 Å². The van der Waals surface area contributed by atoms with Crippen LogP contribution in [0.1, 0.15) is 41.9 Å². The van der Waals surface area contributed by atoms with Crippen LogP contribution < -0.4 is 5.73 Å². The van der Waals surface area contributed by atoms with Gasteiger partial charge in [-0.1, -0.05) is 6.92 Å². The molecule has 3 nitrogen and oxygen atoms in total. The summed E-state index contributed by atoms with van der Waals surface area (Å²) >= 11 is 1.86. The minimum Gasteiger partial charge on any atom is -0.399 e. The van der Waals surface area contributed by atoms with E-state index >= 15 is 0 Å². The fourth-order valence-corrected chi connectivity index (χ4v) is 3.72. The number of aryl methyl sites for hydroxylation is 2. The van der Waals surface area contributed by atoms with Crippen LogP contribution in [0.3, 0.4) is 0 Å². The molecular weight excluding hydrogens is 278 g/mol. The molecule has 0 amide bonds. The van der Waals surface area contributed by atoms with Crippen molar-refractivity contribution in [1.82, 2.24) is 9.55 Å². The first-order chi connectivity index (χ1) is 10.1. The molecule has 0 saturated carbocycles. The number of hydrogen-bond acceptors (Lipinski definition) is 3. The van der Waals surface area contributed by atoms with Gasteiger partial charge in [-0.25, -0.2) is 4.98 Å². The monoisotopic (exact) mass is 299 g/mol. The summed E-state index contributed by atoms with van der Waals surface area (Å²) in [5.74, 6) is 1.15. The third kappa shape index (κ3) is 2.56. The molecule has 3 aromatic rings. The zero-order chi connectivity index (χ0) is 15.0. The van der Waals surface area contributed by atoms with Gasteiger partial charge in [0.15, 0.2) is 0 Å². The van der Waals surface area contributed by atoms with Crippen LogP contribution in [0.4, 0.5) is 5.69 Å². The Kier molecular flexibility index (Phi) is 3.72. The van der Waals surface area contributed by atoms with Gasteiger partial charge in [-0.05, 0) is 50.6 Å². The summed E-state index contributed by atoms with van der Waals surface area (Å²) in [4.78, 5) is 7.53. The molecule has 2 N–H and O–H groups in total. The third-order valence-electron chi connectivity index (χ3n) is 3.82. The van der Waals surface area contributed by atoms with Gasteiger partial charge in [0.25, 0.3) is 0 Å². The highest BCUT2D eigenvalue weighted by molar-refractivity contribution is 7.12. The zero-order valence-corrected chi connectivity index (χ0v) is 13.6. The maximum atomic E-state index is 5.90. The largest absolute Gasteiger partial charge is 0.399 e. The van der Waals surface area contributed by atoms with Crippen LogP contribution in [-0.2, 0) is 6.42 Å². The van der Waals surface area contributed by atoms with Crippen molar-refractivity contribution in [3.63, 3.8) is 0 Å². The number of nitrogen functional groups attached to an aromatic ring is 1. The minimum atomic E-state index is 0.305. The summed E-state index contributed by atoms with van der Waals surface area (Å²) in [5, 5.41) is 0. The number of nitrogens with two attached hydrogens (primary N) is 1. The predicted molar refractivity (Wildman–Crippen MR) is 91.0 cm³/mol. The molecule has 0 bridgehead atoms. The van der Waals surface area contributed by atoms with E-state index in [4.69, 9.17) is 10.7 Å². The number of aromatic nitrogens is 2. The number of thiophene rings is 1. The van der Waals surface area contributed by atoms with E-state index in [0.717, 1.165) is 29.9 Å². The van der Waals surface area contributed by atoms with E-state index in [2.05, 4.69) is 43.5 Å². The fourth-order valence-electron chi connectivity index (χ4n) is 2.80. The Balaban J connectivity index is 2.16. The van der Waals surface area contributed by atoms with Crippen LogP contribution in [0, 0.1) is 6.92 Å². The van der Waals surface area contributed by atoms with E-state index in [1.54, 1.807) is 0 Å². The molecule has 1 unspecified atom stereocenters. The molecule has 0 saturated heterocycles. The lowest BCUT2D eigenvalue weighted by Crippen LogP contribution is -2.09. The number of imidazole rings is 1. The van der Waals surface area contributed by atoms with E-state index in [1.165, 1.54) is 15.3 Å². The quantitative estimate of drug-likeness (QED) is 0.718. The van der Waals surface area contributed by atoms with Gasteiger partial charge in [0, 0.05) is 21.9 Å². The molecule has 3 rings (SSSR count). The summed E-state index contributed by atoms with van der Waals surface area (Å²) in [5.41, 5.74) is 8.84. The Hall–Kier alpha value is -1.81. The molecule has 21 heavy (non-hydrogen) atoms. The standard InChI is InChI=1S/C17H21N3S/c1-4-5-17-19-14-10-13(18)7-8-15(14)20(17)12(3)16-9-6-11(2)21-16/h6-10,12H,4-5,18H2,1-3H3. The molecule has 1 atom stereocenters. The zero-order valence-electron chi connectivity index (χ0n) is 12.8. The topological polar surface area (TPSA) is 43.8 Å². The third-order valence-corrected chi connectivity index (χ3v) is 4.99. The van der Waals surface area contributed by atoms with Crippen molar-refractivity contribution in [3.05, 3.63) is 45.9 Å². The van der Waals surface area contributed by atoms with Crippen LogP contribution in [0.5, 0.6) is 0 Å². The molecular formula is C17H21N3S. The van der Waals surface area contributed by atoms with Gasteiger partial charge >= 0.3 is 0 Å². The van der Waals surface area contributed by atoms with Gasteiger partial charge in [-0.2, -0.15) is 0 Å². The number of benzene rings is 1. The Labute approximate surface area is 129 Å². The minimum absolute atomic E-state index is 0.305. The number of anilines is 1. The van der Waals surface area contributed by atoms with Gasteiger partial charge in [-0.15, -0.1) is 11.3 Å². The van der Waals surface area contributed by atoms with Crippen molar-refractivity contribution in [1.29, 1.82) is 0 Å². The van der Waals surface area contributed by atoms with Crippen molar-refractivity contribution in [2.45, 2.75) is 39.7 Å². The lowest BCUT2D eigenvalue weighted by molar-refractivity contribution is 0.621. The number of rotatable bonds is 4. The summed E-state index contributed by atoms with van der Waals surface area (Å²) in [6.45, 7) is 6.60. The van der Waals surface area contributed by atoms with Crippen molar-refractivity contribution in [2.24, 2.45) is 0 Å². The van der Waals surface area contributed by atoms with Gasteiger partial charge < -0.3 is 10.3 Å². The molecule has 4 heteroatoms. The molecule has 0 aliphatic rings. The van der Waals surface area contributed by atoms with Gasteiger partial charge in [0.1, 0.15) is 5.82 Å². The molecule has 0 fully saturated rings. The van der Waals surface area contributed by atoms with Crippen LogP contribution in [-0.4, -0.2) is 9.55 Å². The first-order valence-corrected chi connectivity index (χ1v) is 8.24. The summed E-state index contributed by atoms with van der Waals surface area (Å²) in [7, 11) is 0. The maximum Gasteiger partial charge on any atom is 0.110 e. The lowest BCUT2D eigenvalue weighted by Gasteiger charge is -2.16. The average Bonchev–Trinajstić information content (AvgIpc) is 3.01. The Bertz CT molecular complexity index is 770. The van der Waals surface area contributed by atoms with E-state index in [0.29, 0.717) is 6.04 Å². The second kappa shape index (κ2) is 5.53. The van der Waals surface area contributed by atoms with Gasteiger partial charge in [-0.3, -0.25) is 0 Å². The second-order valence-electron chi connectivity index (χ2n) is 5.52. The molecule has 2 aromatic heterocycles. The molecule has 2 heterocycles. The van der Waals surface area contributed by atoms with Gasteiger partial charge in [0.05, 0.1) is 17.1 Å². The molecule has 0 spiro atoms. The van der Waals surface area contributed by atoms with Crippen molar-refractivity contribution >= 4 is 28.1 Å². The van der Waals surface area contributed by atoms with Crippen molar-refractivity contribution in [2.75, 3.05) is 5.73 Å². The predicted octanol–water partition coefficient (Wildman–Crippen LogP) is 4.55. The molecule has 1 aromatic carbocycles. The molecule has 0 aliphatic heterocycles. The van der Waals surface area contributed by atoms with E-state index in [1.807, 2.05) is 23.5 Å². The van der Waals surface area contributed by atoms with Crippen LogP contribution in [0.25, 0.3) is 11.0 Å². The highest BCUT2D eigenvalue weighted by Gasteiger charge is 2.18. The Morgan fingerprint density at radius 3 is 2.76 bits per heavy atom. The van der Waals surface area contributed by atoms with Gasteiger partial charge in [0.2, 0.25) is 0 Å². The highest BCUT2D eigenvalue weighted by atomic mass is 32.1. The smallest absolute Gasteiger partial charge is 0.110 e. The average molecular weight is 299 g/mol. The second-order valence-corrected chi connectivity index (χ2v) is 6.84. The number of nitrogens with zero attached hydrogens (tertiary/aromatic N) is 2.